The van der Waals surface area contributed by atoms with Crippen molar-refractivity contribution >= 4 is 12.0 Å². The monoisotopic (exact) mass is 246 g/mol. The van der Waals surface area contributed by atoms with Gasteiger partial charge in [-0.05, 0) is 24.5 Å². The second-order valence-electron chi connectivity index (χ2n) is 4.53. The van der Waals surface area contributed by atoms with Crippen LogP contribution in [0.25, 0.3) is 6.08 Å². The number of carbonyl (C=O) groups is 1. The SMILES string of the molecule is CCCc1cccc2c1O[C@@H](CCC(=O)O)C=C2. The van der Waals surface area contributed by atoms with Crippen LogP contribution in [0.2, 0.25) is 0 Å². The van der Waals surface area contributed by atoms with Crippen LogP contribution in [-0.2, 0) is 11.2 Å². The van der Waals surface area contributed by atoms with E-state index >= 15 is 0 Å². The van der Waals surface area contributed by atoms with Crippen LogP contribution in [0.4, 0.5) is 0 Å². The van der Waals surface area contributed by atoms with E-state index in [-0.39, 0.29) is 12.5 Å². The van der Waals surface area contributed by atoms with Gasteiger partial charge < -0.3 is 9.84 Å². The molecule has 0 unspecified atom stereocenters. The van der Waals surface area contributed by atoms with E-state index in [9.17, 15) is 4.79 Å². The van der Waals surface area contributed by atoms with Gasteiger partial charge in [-0.1, -0.05) is 37.6 Å². The summed E-state index contributed by atoms with van der Waals surface area (Å²) in [6.07, 6.45) is 6.58. The Hall–Kier alpha value is -1.77. The van der Waals surface area contributed by atoms with E-state index in [0.717, 1.165) is 24.2 Å². The molecule has 1 atom stereocenters. The van der Waals surface area contributed by atoms with Crippen molar-refractivity contribution in [2.75, 3.05) is 0 Å². The Morgan fingerprint density at radius 1 is 1.44 bits per heavy atom. The highest BCUT2D eigenvalue weighted by molar-refractivity contribution is 5.67. The number of carboxylic acid groups (broad SMARTS) is 1. The van der Waals surface area contributed by atoms with Crippen LogP contribution in [0.5, 0.6) is 5.75 Å². The van der Waals surface area contributed by atoms with E-state index in [0.29, 0.717) is 6.42 Å². The van der Waals surface area contributed by atoms with Gasteiger partial charge >= 0.3 is 5.97 Å². The van der Waals surface area contributed by atoms with Gasteiger partial charge in [-0.25, -0.2) is 0 Å². The number of aryl methyl sites for hydroxylation is 1. The highest BCUT2D eigenvalue weighted by Crippen LogP contribution is 2.31. The smallest absolute Gasteiger partial charge is 0.303 e. The number of carboxylic acids is 1. The Morgan fingerprint density at radius 3 is 3.00 bits per heavy atom. The molecule has 1 heterocycles. The number of hydrogen-bond donors (Lipinski definition) is 1. The van der Waals surface area contributed by atoms with Crippen LogP contribution >= 0.6 is 0 Å². The largest absolute Gasteiger partial charge is 0.485 e. The molecule has 0 fully saturated rings. The van der Waals surface area contributed by atoms with Gasteiger partial charge in [-0.2, -0.15) is 0 Å². The molecule has 0 spiro atoms. The Bertz CT molecular complexity index is 463. The van der Waals surface area contributed by atoms with E-state index in [2.05, 4.69) is 13.0 Å². The predicted molar refractivity (Wildman–Crippen MR) is 70.8 cm³/mol. The van der Waals surface area contributed by atoms with E-state index in [4.69, 9.17) is 9.84 Å². The van der Waals surface area contributed by atoms with Crippen molar-refractivity contribution in [1.82, 2.24) is 0 Å². The topological polar surface area (TPSA) is 46.5 Å². The molecule has 0 saturated heterocycles. The molecule has 0 radical (unpaired) electrons. The average molecular weight is 246 g/mol. The summed E-state index contributed by atoms with van der Waals surface area (Å²) in [4.78, 5) is 10.6. The lowest BCUT2D eigenvalue weighted by atomic mass is 10.0. The maximum absolute atomic E-state index is 10.6. The van der Waals surface area contributed by atoms with Crippen LogP contribution < -0.4 is 4.74 Å². The summed E-state index contributed by atoms with van der Waals surface area (Å²) >= 11 is 0. The zero-order chi connectivity index (χ0) is 13.0. The highest BCUT2D eigenvalue weighted by Gasteiger charge is 2.18. The highest BCUT2D eigenvalue weighted by atomic mass is 16.5. The van der Waals surface area contributed by atoms with Gasteiger partial charge in [-0.3, -0.25) is 4.79 Å². The molecule has 1 aromatic carbocycles. The molecule has 0 saturated carbocycles. The standard InChI is InChI=1S/C15H18O3/c1-2-4-11-5-3-6-12-7-8-13(18-15(11)12)9-10-14(16)17/h3,5-8,13H,2,4,9-10H2,1H3,(H,16,17)/t13-/m1/s1. The minimum Gasteiger partial charge on any atom is -0.485 e. The van der Waals surface area contributed by atoms with E-state index in [1.54, 1.807) is 0 Å². The molecule has 18 heavy (non-hydrogen) atoms. The first-order chi connectivity index (χ1) is 8.70. The fourth-order valence-electron chi connectivity index (χ4n) is 2.17. The first-order valence-corrected chi connectivity index (χ1v) is 6.39. The number of hydrogen-bond acceptors (Lipinski definition) is 2. The molecule has 0 aromatic heterocycles. The van der Waals surface area contributed by atoms with Crippen LogP contribution in [0.3, 0.4) is 0 Å². The van der Waals surface area contributed by atoms with Crippen molar-refractivity contribution in [2.24, 2.45) is 0 Å². The normalized spacial score (nSPS) is 17.1. The zero-order valence-electron chi connectivity index (χ0n) is 10.6. The third-order valence-electron chi connectivity index (χ3n) is 3.05. The van der Waals surface area contributed by atoms with Crippen molar-refractivity contribution in [1.29, 1.82) is 0 Å². The summed E-state index contributed by atoms with van der Waals surface area (Å²) in [7, 11) is 0. The van der Waals surface area contributed by atoms with Gasteiger partial charge in [-0.15, -0.1) is 0 Å². The number of benzene rings is 1. The van der Waals surface area contributed by atoms with Crippen LogP contribution in [0.1, 0.15) is 37.3 Å². The minimum atomic E-state index is -0.778. The van der Waals surface area contributed by atoms with Gasteiger partial charge in [0.25, 0.3) is 0 Å². The number of aliphatic carboxylic acids is 1. The fraction of sp³-hybridized carbons (Fsp3) is 0.400. The fourth-order valence-corrected chi connectivity index (χ4v) is 2.17. The number of para-hydroxylation sites is 1. The first-order valence-electron chi connectivity index (χ1n) is 6.39. The average Bonchev–Trinajstić information content (AvgIpc) is 2.37. The molecule has 1 N–H and O–H groups in total. The van der Waals surface area contributed by atoms with E-state index in [1.807, 2.05) is 24.3 Å². The van der Waals surface area contributed by atoms with Gasteiger partial charge in [0.1, 0.15) is 11.9 Å². The summed E-state index contributed by atoms with van der Waals surface area (Å²) in [6.45, 7) is 2.14. The maximum atomic E-state index is 10.6. The van der Waals surface area contributed by atoms with Crippen molar-refractivity contribution in [2.45, 2.75) is 38.7 Å². The summed E-state index contributed by atoms with van der Waals surface area (Å²) < 4.78 is 5.92. The second kappa shape index (κ2) is 5.71. The Kier molecular flexibility index (Phi) is 4.03. The third kappa shape index (κ3) is 2.92. The lowest BCUT2D eigenvalue weighted by molar-refractivity contribution is -0.137. The first kappa shape index (κ1) is 12.7. The lowest BCUT2D eigenvalue weighted by Crippen LogP contribution is -2.19. The quantitative estimate of drug-likeness (QED) is 0.867. The second-order valence-corrected chi connectivity index (χ2v) is 4.53. The zero-order valence-corrected chi connectivity index (χ0v) is 10.6. The maximum Gasteiger partial charge on any atom is 0.303 e. The van der Waals surface area contributed by atoms with E-state index < -0.39 is 5.97 Å². The molecule has 3 heteroatoms. The number of fused-ring (bicyclic) bond motifs is 1. The van der Waals surface area contributed by atoms with Crippen LogP contribution in [0, 0.1) is 0 Å². The molecular formula is C15H18O3. The van der Waals surface area contributed by atoms with Gasteiger partial charge in [0.05, 0.1) is 0 Å². The van der Waals surface area contributed by atoms with Crippen molar-refractivity contribution < 1.29 is 14.6 Å². The van der Waals surface area contributed by atoms with E-state index in [1.165, 1.54) is 5.56 Å². The molecule has 3 nitrogen and oxygen atoms in total. The summed E-state index contributed by atoms with van der Waals surface area (Å²) in [6, 6.07) is 6.14. The predicted octanol–water partition coefficient (Wildman–Crippen LogP) is 3.28. The van der Waals surface area contributed by atoms with Crippen molar-refractivity contribution in [3.63, 3.8) is 0 Å². The molecule has 1 aliphatic rings. The summed E-state index contributed by atoms with van der Waals surface area (Å²) in [5.41, 5.74) is 2.30. The Morgan fingerprint density at radius 2 is 2.28 bits per heavy atom. The molecule has 96 valence electrons. The van der Waals surface area contributed by atoms with Crippen LogP contribution in [0.15, 0.2) is 24.3 Å². The molecule has 1 aromatic rings. The summed E-state index contributed by atoms with van der Waals surface area (Å²) in [5.74, 6) is 0.150. The molecule has 0 bridgehead atoms. The minimum absolute atomic E-state index is 0.119. The van der Waals surface area contributed by atoms with Crippen LogP contribution in [-0.4, -0.2) is 17.2 Å². The lowest BCUT2D eigenvalue weighted by Gasteiger charge is -2.23. The molecule has 0 amide bonds. The number of rotatable bonds is 5. The van der Waals surface area contributed by atoms with Gasteiger partial charge in [0.2, 0.25) is 0 Å². The van der Waals surface area contributed by atoms with Gasteiger partial charge in [0.15, 0.2) is 0 Å². The Labute approximate surface area is 107 Å². The summed E-state index contributed by atoms with van der Waals surface area (Å²) in [5, 5.41) is 8.70. The number of ether oxygens (including phenoxy) is 1. The third-order valence-corrected chi connectivity index (χ3v) is 3.05. The molecule has 2 rings (SSSR count). The molecule has 0 aliphatic carbocycles. The van der Waals surface area contributed by atoms with Crippen molar-refractivity contribution in [3.05, 3.63) is 35.4 Å². The Balaban J connectivity index is 2.13. The molecular weight excluding hydrogens is 228 g/mol. The van der Waals surface area contributed by atoms with Gasteiger partial charge in [0, 0.05) is 12.0 Å². The van der Waals surface area contributed by atoms with Crippen molar-refractivity contribution in [3.8, 4) is 5.75 Å². The molecule has 1 aliphatic heterocycles.